The van der Waals surface area contributed by atoms with E-state index in [0.29, 0.717) is 6.61 Å². The van der Waals surface area contributed by atoms with Crippen LogP contribution in [0.5, 0.6) is 0 Å². The zero-order chi connectivity index (χ0) is 13.5. The third-order valence-corrected chi connectivity index (χ3v) is 3.10. The van der Waals surface area contributed by atoms with Gasteiger partial charge in [-0.2, -0.15) is 0 Å². The number of carbonyl (C=O) groups excluding carboxylic acids is 1. The van der Waals surface area contributed by atoms with Crippen LogP contribution in [0.2, 0.25) is 0 Å². The maximum atomic E-state index is 10.6. The zero-order valence-electron chi connectivity index (χ0n) is 11.9. The second kappa shape index (κ2) is 14.3. The Morgan fingerprint density at radius 3 is 1.78 bits per heavy atom. The topological polar surface area (TPSA) is 64.3 Å². The van der Waals surface area contributed by atoms with Crippen LogP contribution >= 0.6 is 0 Å². The van der Waals surface area contributed by atoms with Crippen LogP contribution in [-0.4, -0.2) is 12.7 Å². The summed E-state index contributed by atoms with van der Waals surface area (Å²) < 4.78 is 4.80. The second-order valence-corrected chi connectivity index (χ2v) is 4.82. The summed E-state index contributed by atoms with van der Waals surface area (Å²) in [4.78, 5) is 10.6. The molecule has 0 saturated carbocycles. The van der Waals surface area contributed by atoms with Crippen molar-refractivity contribution in [2.24, 2.45) is 5.84 Å². The van der Waals surface area contributed by atoms with Crippen LogP contribution in [0.15, 0.2) is 0 Å². The van der Waals surface area contributed by atoms with Crippen LogP contribution in [-0.2, 0) is 4.74 Å². The number of hydrogen-bond donors (Lipinski definition) is 2. The molecule has 0 saturated heterocycles. The van der Waals surface area contributed by atoms with Gasteiger partial charge in [0.1, 0.15) is 0 Å². The number of carbonyl (C=O) groups is 1. The van der Waals surface area contributed by atoms with Gasteiger partial charge in [0.15, 0.2) is 0 Å². The van der Waals surface area contributed by atoms with Crippen LogP contribution in [0.25, 0.3) is 0 Å². The van der Waals surface area contributed by atoms with E-state index in [1.54, 1.807) is 0 Å². The number of hydrazine groups is 1. The van der Waals surface area contributed by atoms with Gasteiger partial charge in [0.25, 0.3) is 0 Å². The lowest BCUT2D eigenvalue weighted by atomic mass is 10.1. The van der Waals surface area contributed by atoms with Crippen molar-refractivity contribution in [3.63, 3.8) is 0 Å². The molecule has 0 bridgehead atoms. The first-order valence-corrected chi connectivity index (χ1v) is 7.44. The molecule has 1 amide bonds. The zero-order valence-corrected chi connectivity index (χ0v) is 11.9. The van der Waals surface area contributed by atoms with E-state index in [-0.39, 0.29) is 0 Å². The minimum absolute atomic E-state index is 0.472. The van der Waals surface area contributed by atoms with Crippen LogP contribution in [0.4, 0.5) is 4.79 Å². The Labute approximate surface area is 112 Å². The molecule has 0 atom stereocenters. The van der Waals surface area contributed by atoms with Crippen molar-refractivity contribution >= 4 is 6.09 Å². The van der Waals surface area contributed by atoms with E-state index < -0.39 is 6.09 Å². The Hall–Kier alpha value is -0.770. The van der Waals surface area contributed by atoms with Crippen LogP contribution in [0, 0.1) is 0 Å². The summed E-state index contributed by atoms with van der Waals surface area (Å²) in [6.45, 7) is 2.72. The van der Waals surface area contributed by atoms with E-state index in [2.05, 4.69) is 6.92 Å². The highest BCUT2D eigenvalue weighted by atomic mass is 16.5. The van der Waals surface area contributed by atoms with Crippen LogP contribution in [0.3, 0.4) is 0 Å². The molecular weight excluding hydrogens is 228 g/mol. The van der Waals surface area contributed by atoms with Crippen molar-refractivity contribution in [1.29, 1.82) is 0 Å². The van der Waals surface area contributed by atoms with Gasteiger partial charge in [-0.1, -0.05) is 71.1 Å². The third-order valence-electron chi connectivity index (χ3n) is 3.10. The van der Waals surface area contributed by atoms with Crippen LogP contribution < -0.4 is 11.3 Å². The molecule has 3 N–H and O–H groups in total. The Bertz CT molecular complexity index is 187. The number of rotatable bonds is 12. The fourth-order valence-corrected chi connectivity index (χ4v) is 1.97. The maximum Gasteiger partial charge on any atom is 0.421 e. The van der Waals surface area contributed by atoms with Gasteiger partial charge in [0, 0.05) is 0 Å². The van der Waals surface area contributed by atoms with Crippen molar-refractivity contribution in [3.8, 4) is 0 Å². The van der Waals surface area contributed by atoms with E-state index in [0.717, 1.165) is 12.8 Å². The van der Waals surface area contributed by atoms with Gasteiger partial charge in [-0.05, 0) is 6.42 Å². The van der Waals surface area contributed by atoms with E-state index in [4.69, 9.17) is 10.6 Å². The quantitative estimate of drug-likeness (QED) is 0.241. The first-order chi connectivity index (χ1) is 8.81. The Balaban J connectivity index is 2.97. The van der Waals surface area contributed by atoms with Crippen molar-refractivity contribution in [2.45, 2.75) is 77.6 Å². The highest BCUT2D eigenvalue weighted by Crippen LogP contribution is 2.11. The van der Waals surface area contributed by atoms with Gasteiger partial charge >= 0.3 is 6.09 Å². The Kier molecular flexibility index (Phi) is 13.7. The molecule has 0 heterocycles. The minimum atomic E-state index is -0.540. The van der Waals surface area contributed by atoms with Crippen molar-refractivity contribution in [2.75, 3.05) is 6.61 Å². The number of ether oxygens (including phenoxy) is 1. The predicted octanol–water partition coefficient (Wildman–Crippen LogP) is 3.90. The molecule has 0 aromatic heterocycles. The average molecular weight is 258 g/mol. The SMILES string of the molecule is CCCCCCCCCCCCCOC(=O)NN. The summed E-state index contributed by atoms with van der Waals surface area (Å²) in [6, 6.07) is 0. The maximum absolute atomic E-state index is 10.6. The van der Waals surface area contributed by atoms with Gasteiger partial charge in [-0.25, -0.2) is 10.6 Å². The van der Waals surface area contributed by atoms with Gasteiger partial charge in [0.05, 0.1) is 6.61 Å². The van der Waals surface area contributed by atoms with Gasteiger partial charge in [-0.3, -0.25) is 5.43 Å². The van der Waals surface area contributed by atoms with Crippen molar-refractivity contribution in [3.05, 3.63) is 0 Å². The first-order valence-electron chi connectivity index (χ1n) is 7.44. The van der Waals surface area contributed by atoms with E-state index in [9.17, 15) is 4.79 Å². The standard InChI is InChI=1S/C14H30N2O2/c1-2-3-4-5-6-7-8-9-10-11-12-13-18-14(17)16-15/h2-13,15H2,1H3,(H,16,17). The normalized spacial score (nSPS) is 10.3. The highest BCUT2D eigenvalue weighted by molar-refractivity contribution is 5.66. The van der Waals surface area contributed by atoms with Gasteiger partial charge < -0.3 is 4.74 Å². The summed E-state index contributed by atoms with van der Waals surface area (Å²) in [5, 5.41) is 0. The predicted molar refractivity (Wildman–Crippen MR) is 75.1 cm³/mol. The van der Waals surface area contributed by atoms with E-state index in [1.807, 2.05) is 5.43 Å². The first kappa shape index (κ1) is 17.2. The highest BCUT2D eigenvalue weighted by Gasteiger charge is 1.97. The van der Waals surface area contributed by atoms with E-state index >= 15 is 0 Å². The third kappa shape index (κ3) is 13.3. The minimum Gasteiger partial charge on any atom is -0.449 e. The molecule has 108 valence electrons. The lowest BCUT2D eigenvalue weighted by molar-refractivity contribution is 0.144. The lowest BCUT2D eigenvalue weighted by Crippen LogP contribution is -2.30. The van der Waals surface area contributed by atoms with Crippen molar-refractivity contribution < 1.29 is 9.53 Å². The Morgan fingerprint density at radius 1 is 0.889 bits per heavy atom. The molecule has 0 aromatic rings. The molecule has 0 unspecified atom stereocenters. The molecule has 0 radical (unpaired) electrons. The molecule has 0 aliphatic rings. The fraction of sp³-hybridized carbons (Fsp3) is 0.929. The molecule has 0 rings (SSSR count). The van der Waals surface area contributed by atoms with Gasteiger partial charge in [-0.15, -0.1) is 0 Å². The molecule has 0 aromatic carbocycles. The average Bonchev–Trinajstić information content (AvgIpc) is 2.39. The largest absolute Gasteiger partial charge is 0.449 e. The molecule has 4 heteroatoms. The van der Waals surface area contributed by atoms with Crippen LogP contribution in [0.1, 0.15) is 77.6 Å². The molecule has 0 aliphatic heterocycles. The molecule has 18 heavy (non-hydrogen) atoms. The summed E-state index contributed by atoms with van der Waals surface area (Å²) in [7, 11) is 0. The molecular formula is C14H30N2O2. The van der Waals surface area contributed by atoms with Gasteiger partial charge in [0.2, 0.25) is 0 Å². The number of hydrogen-bond acceptors (Lipinski definition) is 3. The Morgan fingerprint density at radius 2 is 1.33 bits per heavy atom. The molecule has 4 nitrogen and oxygen atoms in total. The monoisotopic (exact) mass is 258 g/mol. The number of unbranched alkanes of at least 4 members (excludes halogenated alkanes) is 10. The molecule has 0 fully saturated rings. The second-order valence-electron chi connectivity index (χ2n) is 4.82. The lowest BCUT2D eigenvalue weighted by Gasteiger charge is -2.04. The van der Waals surface area contributed by atoms with Crippen molar-refractivity contribution in [1.82, 2.24) is 5.43 Å². The summed E-state index contributed by atoms with van der Waals surface area (Å²) in [5.41, 5.74) is 1.94. The fourth-order valence-electron chi connectivity index (χ4n) is 1.97. The molecule has 0 spiro atoms. The molecule has 0 aliphatic carbocycles. The summed E-state index contributed by atoms with van der Waals surface area (Å²) in [5.74, 6) is 4.89. The number of nitrogens with two attached hydrogens (primary N) is 1. The summed E-state index contributed by atoms with van der Waals surface area (Å²) >= 11 is 0. The van der Waals surface area contributed by atoms with E-state index in [1.165, 1.54) is 57.8 Å². The summed E-state index contributed by atoms with van der Waals surface area (Å²) in [6.07, 6.45) is 13.7. The number of amides is 1. The smallest absolute Gasteiger partial charge is 0.421 e. The number of nitrogens with one attached hydrogen (secondary N) is 1.